The van der Waals surface area contributed by atoms with E-state index in [0.29, 0.717) is 18.1 Å². The average Bonchev–Trinajstić information content (AvgIpc) is 3.08. The number of ether oxygens (including phenoxy) is 1. The van der Waals surface area contributed by atoms with Gasteiger partial charge in [0, 0.05) is 24.2 Å². The standard InChI is InChI=1S/C17H16ClNO5/c1-10(16(21)19-6-2-3-7-19)23-17(22)15-9-13(20)12-8-11(18)4-5-14(12)24-15/h4-5,8-10H,2-3,6-7H2,1H3/t10-/m0/s1. The largest absolute Gasteiger partial charge is 0.449 e. The van der Waals surface area contributed by atoms with Crippen molar-refractivity contribution in [1.29, 1.82) is 0 Å². The van der Waals surface area contributed by atoms with Crippen LogP contribution in [0.4, 0.5) is 0 Å². The van der Waals surface area contributed by atoms with Crippen LogP contribution in [-0.2, 0) is 9.53 Å². The fraction of sp³-hybridized carbons (Fsp3) is 0.353. The molecule has 0 radical (unpaired) electrons. The number of halogens is 1. The second-order valence-corrected chi connectivity index (χ2v) is 6.13. The molecule has 126 valence electrons. The summed E-state index contributed by atoms with van der Waals surface area (Å²) in [5.74, 6) is -1.32. The predicted molar refractivity (Wildman–Crippen MR) is 88.2 cm³/mol. The molecule has 1 aromatic heterocycles. The molecule has 1 saturated heterocycles. The highest BCUT2D eigenvalue weighted by atomic mass is 35.5. The summed E-state index contributed by atoms with van der Waals surface area (Å²) in [4.78, 5) is 38.1. The molecule has 0 N–H and O–H groups in total. The zero-order chi connectivity index (χ0) is 17.3. The first-order valence-corrected chi connectivity index (χ1v) is 8.06. The zero-order valence-corrected chi connectivity index (χ0v) is 13.8. The molecule has 0 bridgehead atoms. The molecule has 1 aliphatic heterocycles. The number of benzene rings is 1. The van der Waals surface area contributed by atoms with Crippen molar-refractivity contribution in [2.24, 2.45) is 0 Å². The third kappa shape index (κ3) is 3.28. The topological polar surface area (TPSA) is 76.8 Å². The molecule has 2 heterocycles. The highest BCUT2D eigenvalue weighted by Gasteiger charge is 2.27. The van der Waals surface area contributed by atoms with Gasteiger partial charge in [-0.1, -0.05) is 11.6 Å². The fourth-order valence-electron chi connectivity index (χ4n) is 2.69. The van der Waals surface area contributed by atoms with Crippen LogP contribution in [0.15, 0.2) is 33.5 Å². The molecule has 0 saturated carbocycles. The zero-order valence-electron chi connectivity index (χ0n) is 13.1. The van der Waals surface area contributed by atoms with E-state index in [4.69, 9.17) is 20.8 Å². The summed E-state index contributed by atoms with van der Waals surface area (Å²) >= 11 is 5.84. The van der Waals surface area contributed by atoms with E-state index in [-0.39, 0.29) is 22.6 Å². The van der Waals surface area contributed by atoms with Crippen LogP contribution in [0.5, 0.6) is 0 Å². The van der Waals surface area contributed by atoms with Crippen LogP contribution in [0.2, 0.25) is 5.02 Å². The fourth-order valence-corrected chi connectivity index (χ4v) is 2.86. The van der Waals surface area contributed by atoms with E-state index in [0.717, 1.165) is 18.9 Å². The van der Waals surface area contributed by atoms with E-state index in [9.17, 15) is 14.4 Å². The van der Waals surface area contributed by atoms with E-state index < -0.39 is 17.5 Å². The molecule has 1 fully saturated rings. The molecule has 7 heteroatoms. The van der Waals surface area contributed by atoms with Crippen LogP contribution in [0.25, 0.3) is 11.0 Å². The SMILES string of the molecule is C[C@H](OC(=O)c1cc(=O)c2cc(Cl)ccc2o1)C(=O)N1CCCC1. The summed E-state index contributed by atoms with van der Waals surface area (Å²) in [5.41, 5.74) is -0.165. The number of hydrogen-bond donors (Lipinski definition) is 0. The lowest BCUT2D eigenvalue weighted by molar-refractivity contribution is -0.138. The normalized spacial score (nSPS) is 15.5. The number of fused-ring (bicyclic) bond motifs is 1. The van der Waals surface area contributed by atoms with Gasteiger partial charge in [0.2, 0.25) is 5.76 Å². The molecule has 0 aliphatic carbocycles. The molecular weight excluding hydrogens is 334 g/mol. The average molecular weight is 350 g/mol. The summed E-state index contributed by atoms with van der Waals surface area (Å²) in [7, 11) is 0. The molecule has 1 aromatic carbocycles. The van der Waals surface area contributed by atoms with Gasteiger partial charge in [-0.05, 0) is 38.0 Å². The minimum Gasteiger partial charge on any atom is -0.449 e. The van der Waals surface area contributed by atoms with Crippen molar-refractivity contribution in [3.8, 4) is 0 Å². The second-order valence-electron chi connectivity index (χ2n) is 5.70. The number of carbonyl (C=O) groups excluding carboxylic acids is 2. The molecule has 1 amide bonds. The first kappa shape index (κ1) is 16.5. The highest BCUT2D eigenvalue weighted by Crippen LogP contribution is 2.18. The van der Waals surface area contributed by atoms with Crippen LogP contribution in [-0.4, -0.2) is 36.0 Å². The van der Waals surface area contributed by atoms with Crippen LogP contribution in [0.3, 0.4) is 0 Å². The number of rotatable bonds is 3. The van der Waals surface area contributed by atoms with E-state index in [1.807, 2.05) is 0 Å². The Morgan fingerprint density at radius 1 is 1.25 bits per heavy atom. The van der Waals surface area contributed by atoms with Crippen molar-refractivity contribution < 1.29 is 18.7 Å². The van der Waals surface area contributed by atoms with Gasteiger partial charge in [0.1, 0.15) is 5.58 Å². The molecule has 1 aliphatic rings. The van der Waals surface area contributed by atoms with Gasteiger partial charge in [-0.3, -0.25) is 9.59 Å². The maximum Gasteiger partial charge on any atom is 0.375 e. The van der Waals surface area contributed by atoms with Crippen LogP contribution < -0.4 is 5.43 Å². The summed E-state index contributed by atoms with van der Waals surface area (Å²) in [6, 6.07) is 5.58. The van der Waals surface area contributed by atoms with Crippen molar-refractivity contribution >= 4 is 34.4 Å². The molecule has 3 rings (SSSR count). The Balaban J connectivity index is 1.79. The lowest BCUT2D eigenvalue weighted by atomic mass is 10.2. The third-order valence-corrected chi connectivity index (χ3v) is 4.17. The van der Waals surface area contributed by atoms with Crippen molar-refractivity contribution in [2.75, 3.05) is 13.1 Å². The smallest absolute Gasteiger partial charge is 0.375 e. The Labute approximate surface area is 142 Å². The molecule has 0 unspecified atom stereocenters. The van der Waals surface area contributed by atoms with Gasteiger partial charge in [0.15, 0.2) is 11.5 Å². The van der Waals surface area contributed by atoms with Gasteiger partial charge in [0.05, 0.1) is 5.39 Å². The Morgan fingerprint density at radius 3 is 2.67 bits per heavy atom. The van der Waals surface area contributed by atoms with Crippen molar-refractivity contribution in [3.63, 3.8) is 0 Å². The predicted octanol–water partition coefficient (Wildman–Crippen LogP) is 2.61. The number of esters is 1. The summed E-state index contributed by atoms with van der Waals surface area (Å²) in [5, 5.41) is 0.676. The van der Waals surface area contributed by atoms with E-state index in [1.54, 1.807) is 11.0 Å². The maximum absolute atomic E-state index is 12.2. The lowest BCUT2D eigenvalue weighted by Crippen LogP contribution is -2.38. The summed E-state index contributed by atoms with van der Waals surface area (Å²) in [6.45, 7) is 2.86. The number of hydrogen-bond acceptors (Lipinski definition) is 5. The number of amides is 1. The quantitative estimate of drug-likeness (QED) is 0.796. The van der Waals surface area contributed by atoms with E-state index in [2.05, 4.69) is 0 Å². The molecule has 6 nitrogen and oxygen atoms in total. The molecule has 24 heavy (non-hydrogen) atoms. The van der Waals surface area contributed by atoms with Gasteiger partial charge in [-0.25, -0.2) is 4.79 Å². The maximum atomic E-state index is 12.2. The first-order chi connectivity index (χ1) is 11.5. The van der Waals surface area contributed by atoms with Crippen LogP contribution >= 0.6 is 11.6 Å². The van der Waals surface area contributed by atoms with Gasteiger partial charge in [-0.15, -0.1) is 0 Å². The van der Waals surface area contributed by atoms with Gasteiger partial charge in [0.25, 0.3) is 5.91 Å². The number of carbonyl (C=O) groups is 2. The van der Waals surface area contributed by atoms with Gasteiger partial charge < -0.3 is 14.1 Å². The Kier molecular flexibility index (Phi) is 4.57. The Hall–Kier alpha value is -2.34. The van der Waals surface area contributed by atoms with E-state index in [1.165, 1.54) is 19.1 Å². The van der Waals surface area contributed by atoms with Crippen molar-refractivity contribution in [1.82, 2.24) is 4.90 Å². The third-order valence-electron chi connectivity index (χ3n) is 3.94. The monoisotopic (exact) mass is 349 g/mol. The highest BCUT2D eigenvalue weighted by molar-refractivity contribution is 6.31. The minimum atomic E-state index is -0.929. The lowest BCUT2D eigenvalue weighted by Gasteiger charge is -2.20. The van der Waals surface area contributed by atoms with E-state index >= 15 is 0 Å². The molecular formula is C17H16ClNO5. The summed E-state index contributed by atoms with van der Waals surface area (Å²) < 4.78 is 10.6. The Bertz CT molecular complexity index is 854. The number of nitrogens with zero attached hydrogens (tertiary/aromatic N) is 1. The summed E-state index contributed by atoms with van der Waals surface area (Å²) in [6.07, 6.45) is 0.977. The van der Waals surface area contributed by atoms with Crippen LogP contribution in [0, 0.1) is 0 Å². The molecule has 2 aromatic rings. The van der Waals surface area contributed by atoms with Crippen molar-refractivity contribution in [2.45, 2.75) is 25.9 Å². The Morgan fingerprint density at radius 2 is 1.96 bits per heavy atom. The van der Waals surface area contributed by atoms with Crippen LogP contribution in [0.1, 0.15) is 30.3 Å². The molecule has 1 atom stereocenters. The van der Waals surface area contributed by atoms with Crippen molar-refractivity contribution in [3.05, 3.63) is 45.3 Å². The van der Waals surface area contributed by atoms with Gasteiger partial charge in [-0.2, -0.15) is 0 Å². The minimum absolute atomic E-state index is 0.234. The van der Waals surface area contributed by atoms with Gasteiger partial charge >= 0.3 is 5.97 Å². The molecule has 0 spiro atoms. The number of likely N-dealkylation sites (tertiary alicyclic amines) is 1. The first-order valence-electron chi connectivity index (χ1n) is 7.69. The second kappa shape index (κ2) is 6.65.